The highest BCUT2D eigenvalue weighted by Gasteiger charge is 2.33. The molecule has 1 saturated carbocycles. The van der Waals surface area contributed by atoms with Crippen LogP contribution < -0.4 is 5.73 Å². The number of hydrogen-bond donors (Lipinski definition) is 1. The molecule has 130 valence electrons. The summed E-state index contributed by atoms with van der Waals surface area (Å²) in [6.07, 6.45) is 4.13. The van der Waals surface area contributed by atoms with Crippen molar-refractivity contribution >= 4 is 29.1 Å². The number of fused-ring (bicyclic) bond motifs is 1. The Kier molecular flexibility index (Phi) is 6.64. The van der Waals surface area contributed by atoms with Gasteiger partial charge < -0.3 is 10.6 Å². The van der Waals surface area contributed by atoms with Gasteiger partial charge >= 0.3 is 0 Å². The molecule has 1 aliphatic carbocycles. The number of rotatable bonds is 5. The van der Waals surface area contributed by atoms with Gasteiger partial charge in [0.1, 0.15) is 0 Å². The molecular formula is C20H27ClN2O. The highest BCUT2D eigenvalue weighted by atomic mass is 35.5. The van der Waals surface area contributed by atoms with Gasteiger partial charge in [0.2, 0.25) is 5.91 Å². The summed E-state index contributed by atoms with van der Waals surface area (Å²) >= 11 is 0. The fourth-order valence-corrected chi connectivity index (χ4v) is 3.84. The second-order valence-corrected chi connectivity index (χ2v) is 6.68. The van der Waals surface area contributed by atoms with Crippen molar-refractivity contribution < 1.29 is 4.79 Å². The summed E-state index contributed by atoms with van der Waals surface area (Å²) < 4.78 is 0. The molecule has 3 nitrogen and oxygen atoms in total. The Morgan fingerprint density at radius 3 is 2.71 bits per heavy atom. The lowest BCUT2D eigenvalue weighted by atomic mass is 9.94. The molecule has 2 N–H and O–H groups in total. The van der Waals surface area contributed by atoms with Crippen molar-refractivity contribution in [2.45, 2.75) is 25.7 Å². The Morgan fingerprint density at radius 1 is 1.17 bits per heavy atom. The van der Waals surface area contributed by atoms with Crippen LogP contribution in [0.2, 0.25) is 0 Å². The molecule has 1 aliphatic rings. The lowest BCUT2D eigenvalue weighted by molar-refractivity contribution is -0.135. The fourth-order valence-electron chi connectivity index (χ4n) is 3.84. The molecule has 24 heavy (non-hydrogen) atoms. The van der Waals surface area contributed by atoms with Gasteiger partial charge in [-0.15, -0.1) is 12.4 Å². The van der Waals surface area contributed by atoms with E-state index in [2.05, 4.69) is 42.5 Å². The first-order chi connectivity index (χ1) is 11.2. The van der Waals surface area contributed by atoms with Gasteiger partial charge in [0.25, 0.3) is 0 Å². The van der Waals surface area contributed by atoms with Crippen molar-refractivity contribution in [1.29, 1.82) is 0 Å². The third-order valence-corrected chi connectivity index (χ3v) is 5.25. The Morgan fingerprint density at radius 2 is 1.92 bits per heavy atom. The van der Waals surface area contributed by atoms with Crippen LogP contribution in [-0.4, -0.2) is 30.9 Å². The molecule has 0 radical (unpaired) electrons. The second kappa shape index (κ2) is 8.50. The quantitative estimate of drug-likeness (QED) is 0.898. The van der Waals surface area contributed by atoms with Gasteiger partial charge in [-0.25, -0.2) is 0 Å². The molecule has 0 aromatic heterocycles. The van der Waals surface area contributed by atoms with E-state index >= 15 is 0 Å². The van der Waals surface area contributed by atoms with Crippen LogP contribution in [0.5, 0.6) is 0 Å². The molecule has 0 aliphatic heterocycles. The van der Waals surface area contributed by atoms with Gasteiger partial charge in [-0.1, -0.05) is 48.9 Å². The van der Waals surface area contributed by atoms with Crippen molar-refractivity contribution in [2.24, 2.45) is 17.6 Å². The van der Waals surface area contributed by atoms with E-state index in [1.165, 1.54) is 16.3 Å². The number of halogens is 1. The first-order valence-electron chi connectivity index (χ1n) is 8.62. The van der Waals surface area contributed by atoms with Gasteiger partial charge in [0.15, 0.2) is 0 Å². The van der Waals surface area contributed by atoms with E-state index in [9.17, 15) is 4.79 Å². The summed E-state index contributed by atoms with van der Waals surface area (Å²) in [5.41, 5.74) is 7.13. The Hall–Kier alpha value is -1.58. The normalized spacial score (nSPS) is 19.9. The van der Waals surface area contributed by atoms with Gasteiger partial charge in [0.05, 0.1) is 0 Å². The predicted molar refractivity (Wildman–Crippen MR) is 102 cm³/mol. The zero-order valence-electron chi connectivity index (χ0n) is 14.3. The lowest BCUT2D eigenvalue weighted by Gasteiger charge is -2.24. The van der Waals surface area contributed by atoms with Crippen LogP contribution in [0, 0.1) is 11.8 Å². The molecule has 2 aromatic rings. The molecular weight excluding hydrogens is 320 g/mol. The van der Waals surface area contributed by atoms with E-state index in [1.807, 2.05) is 11.9 Å². The molecule has 0 unspecified atom stereocenters. The minimum atomic E-state index is 0. The average Bonchev–Trinajstić information content (AvgIpc) is 3.07. The SMILES string of the molecule is CN(CCc1cccc2ccccc12)C(=O)[C@@H]1CCC[C@@H]1CN.Cl. The summed E-state index contributed by atoms with van der Waals surface area (Å²) in [7, 11) is 1.93. The monoisotopic (exact) mass is 346 g/mol. The molecule has 2 atom stereocenters. The van der Waals surface area contributed by atoms with Crippen molar-refractivity contribution in [1.82, 2.24) is 4.90 Å². The topological polar surface area (TPSA) is 46.3 Å². The number of amides is 1. The van der Waals surface area contributed by atoms with Crippen LogP contribution in [0.1, 0.15) is 24.8 Å². The van der Waals surface area contributed by atoms with Crippen molar-refractivity contribution in [3.8, 4) is 0 Å². The van der Waals surface area contributed by atoms with Crippen LogP contribution >= 0.6 is 12.4 Å². The maximum atomic E-state index is 12.7. The molecule has 0 bridgehead atoms. The van der Waals surface area contributed by atoms with E-state index in [0.717, 1.165) is 32.2 Å². The maximum Gasteiger partial charge on any atom is 0.225 e. The largest absolute Gasteiger partial charge is 0.345 e. The summed E-state index contributed by atoms with van der Waals surface area (Å²) in [5.74, 6) is 0.790. The van der Waals surface area contributed by atoms with Crippen LogP contribution in [0.4, 0.5) is 0 Å². The molecule has 0 spiro atoms. The molecule has 1 fully saturated rings. The van der Waals surface area contributed by atoms with Crippen LogP contribution in [0.15, 0.2) is 42.5 Å². The van der Waals surface area contributed by atoms with Gasteiger partial charge in [0, 0.05) is 19.5 Å². The summed E-state index contributed by atoms with van der Waals surface area (Å²) in [5, 5.41) is 2.55. The zero-order valence-corrected chi connectivity index (χ0v) is 15.1. The standard InChI is InChI=1S/C20H26N2O.ClH/c1-22(20(23)19-11-5-9-17(19)14-21)13-12-16-8-4-7-15-6-2-3-10-18(15)16;/h2-4,6-8,10,17,19H,5,9,11-14,21H2,1H3;1H/t17-,19-;/m1./s1. The number of carbonyl (C=O) groups excluding carboxylic acids is 1. The van der Waals surface area contributed by atoms with E-state index in [-0.39, 0.29) is 24.2 Å². The summed E-state index contributed by atoms with van der Waals surface area (Å²) in [6, 6.07) is 14.8. The number of benzene rings is 2. The smallest absolute Gasteiger partial charge is 0.225 e. The van der Waals surface area contributed by atoms with Crippen LogP contribution in [-0.2, 0) is 11.2 Å². The first kappa shape index (κ1) is 18.8. The molecule has 1 amide bonds. The zero-order chi connectivity index (χ0) is 16.2. The number of likely N-dealkylation sites (N-methyl/N-ethyl adjacent to an activating group) is 1. The van der Waals surface area contributed by atoms with E-state index in [0.29, 0.717) is 12.5 Å². The minimum Gasteiger partial charge on any atom is -0.345 e. The van der Waals surface area contributed by atoms with Crippen molar-refractivity contribution in [3.05, 3.63) is 48.0 Å². The van der Waals surface area contributed by atoms with E-state index in [4.69, 9.17) is 5.73 Å². The van der Waals surface area contributed by atoms with Gasteiger partial charge in [-0.3, -0.25) is 4.79 Å². The minimum absolute atomic E-state index is 0. The van der Waals surface area contributed by atoms with E-state index < -0.39 is 0 Å². The Bertz CT molecular complexity index is 683. The molecule has 2 aromatic carbocycles. The first-order valence-corrected chi connectivity index (χ1v) is 8.62. The van der Waals surface area contributed by atoms with Crippen LogP contribution in [0.25, 0.3) is 10.8 Å². The van der Waals surface area contributed by atoms with Crippen molar-refractivity contribution in [3.63, 3.8) is 0 Å². The number of nitrogens with two attached hydrogens (primary N) is 1. The highest BCUT2D eigenvalue weighted by Crippen LogP contribution is 2.32. The Balaban J connectivity index is 0.00000208. The molecule has 4 heteroatoms. The number of carbonyl (C=O) groups is 1. The second-order valence-electron chi connectivity index (χ2n) is 6.68. The molecule has 0 saturated heterocycles. The van der Waals surface area contributed by atoms with Crippen LogP contribution in [0.3, 0.4) is 0 Å². The lowest BCUT2D eigenvalue weighted by Crippen LogP contribution is -2.37. The maximum absolute atomic E-state index is 12.7. The summed E-state index contributed by atoms with van der Waals surface area (Å²) in [4.78, 5) is 14.6. The van der Waals surface area contributed by atoms with Crippen molar-refractivity contribution in [2.75, 3.05) is 20.1 Å². The predicted octanol–water partition coefficient (Wildman–Crippen LogP) is 3.64. The third-order valence-electron chi connectivity index (χ3n) is 5.25. The average molecular weight is 347 g/mol. The fraction of sp³-hybridized carbons (Fsp3) is 0.450. The van der Waals surface area contributed by atoms with Gasteiger partial charge in [-0.2, -0.15) is 0 Å². The third kappa shape index (κ3) is 3.90. The molecule has 0 heterocycles. The Labute approximate surface area is 150 Å². The molecule has 3 rings (SSSR count). The number of hydrogen-bond acceptors (Lipinski definition) is 2. The summed E-state index contributed by atoms with van der Waals surface area (Å²) in [6.45, 7) is 1.40. The number of nitrogens with zero attached hydrogens (tertiary/aromatic N) is 1. The van der Waals surface area contributed by atoms with E-state index in [1.54, 1.807) is 0 Å². The highest BCUT2D eigenvalue weighted by molar-refractivity contribution is 5.86. The van der Waals surface area contributed by atoms with Gasteiger partial charge in [-0.05, 0) is 48.1 Å².